The van der Waals surface area contributed by atoms with Crippen LogP contribution in [0.15, 0.2) is 30.3 Å². The number of aromatic nitrogens is 2. The van der Waals surface area contributed by atoms with Gasteiger partial charge >= 0.3 is 0 Å². The van der Waals surface area contributed by atoms with E-state index in [0.717, 1.165) is 37.3 Å². The lowest BCUT2D eigenvalue weighted by molar-refractivity contribution is -0.00715. The Hall–Kier alpha value is -2.18. The minimum atomic E-state index is -0.0380. The molecule has 2 aromatic rings. The number of nitrogens with zero attached hydrogens (tertiary/aromatic N) is 3. The first kappa shape index (κ1) is 17.2. The number of amides is 1. The van der Waals surface area contributed by atoms with Gasteiger partial charge in [0.2, 0.25) is 0 Å². The van der Waals surface area contributed by atoms with E-state index in [4.69, 9.17) is 4.74 Å². The fourth-order valence-corrected chi connectivity index (χ4v) is 3.90. The summed E-state index contributed by atoms with van der Waals surface area (Å²) in [6.45, 7) is 6.45. The van der Waals surface area contributed by atoms with Crippen molar-refractivity contribution in [3.05, 3.63) is 52.8 Å². The normalized spacial score (nSPS) is 23.0. The minimum Gasteiger partial charge on any atom is -0.369 e. The van der Waals surface area contributed by atoms with Crippen molar-refractivity contribution >= 4 is 5.91 Å². The van der Waals surface area contributed by atoms with Gasteiger partial charge in [0.05, 0.1) is 17.9 Å². The molecule has 2 aliphatic rings. The number of ether oxygens (including phenoxy) is 1. The molecule has 4 rings (SSSR count). The largest absolute Gasteiger partial charge is 0.369 e. The fraction of sp³-hybridized carbons (Fsp3) is 0.500. The van der Waals surface area contributed by atoms with E-state index in [1.807, 2.05) is 24.8 Å². The zero-order valence-electron chi connectivity index (χ0n) is 15.6. The summed E-state index contributed by atoms with van der Waals surface area (Å²) in [5.41, 5.74) is 3.85. The van der Waals surface area contributed by atoms with Crippen LogP contribution in [0.2, 0.25) is 0 Å². The van der Waals surface area contributed by atoms with E-state index in [-0.39, 0.29) is 18.1 Å². The smallest absolute Gasteiger partial charge is 0.274 e. The van der Waals surface area contributed by atoms with E-state index in [9.17, 15) is 4.79 Å². The Balaban J connectivity index is 1.38. The quantitative estimate of drug-likeness (QED) is 0.916. The molecular formula is C20H26N4O2. The maximum absolute atomic E-state index is 12.9. The molecule has 6 heteroatoms. The predicted molar refractivity (Wildman–Crippen MR) is 98.9 cm³/mol. The molecule has 0 unspecified atom stereocenters. The molecule has 0 radical (unpaired) electrons. The van der Waals surface area contributed by atoms with Crippen LogP contribution in [0.5, 0.6) is 0 Å². The van der Waals surface area contributed by atoms with Crippen LogP contribution in [0.4, 0.5) is 0 Å². The average Bonchev–Trinajstić information content (AvgIpc) is 2.98. The van der Waals surface area contributed by atoms with Gasteiger partial charge in [-0.15, -0.1) is 0 Å². The van der Waals surface area contributed by atoms with Gasteiger partial charge in [-0.3, -0.25) is 14.8 Å². The van der Waals surface area contributed by atoms with Crippen LogP contribution in [0.1, 0.15) is 47.3 Å². The molecule has 138 valence electrons. The number of nitrogens with one attached hydrogen (secondary N) is 1. The second kappa shape index (κ2) is 6.85. The SMILES string of the molecule is C[C@@H]1Cc2c(C(=O)N3CC(N(C)Cc4ccccc4)C3)n[nH]c2[C@H](C)O1. The number of aromatic amines is 1. The van der Waals surface area contributed by atoms with Crippen LogP contribution in [-0.4, -0.2) is 58.2 Å². The molecule has 26 heavy (non-hydrogen) atoms. The van der Waals surface area contributed by atoms with Crippen molar-refractivity contribution in [2.45, 2.75) is 45.1 Å². The van der Waals surface area contributed by atoms with E-state index < -0.39 is 0 Å². The van der Waals surface area contributed by atoms with Crippen LogP contribution in [-0.2, 0) is 17.7 Å². The predicted octanol–water partition coefficient (Wildman–Crippen LogP) is 2.39. The van der Waals surface area contributed by atoms with Crippen LogP contribution >= 0.6 is 0 Å². The van der Waals surface area contributed by atoms with Gasteiger partial charge in [-0.25, -0.2) is 0 Å². The van der Waals surface area contributed by atoms with Crippen molar-refractivity contribution in [3.63, 3.8) is 0 Å². The highest BCUT2D eigenvalue weighted by Gasteiger charge is 2.37. The minimum absolute atomic E-state index is 0.0353. The lowest BCUT2D eigenvalue weighted by Gasteiger charge is -2.44. The van der Waals surface area contributed by atoms with Crippen molar-refractivity contribution in [2.24, 2.45) is 0 Å². The van der Waals surface area contributed by atoms with E-state index in [1.165, 1.54) is 5.56 Å². The maximum Gasteiger partial charge on any atom is 0.274 e. The molecule has 2 atom stereocenters. The Morgan fingerprint density at radius 3 is 2.77 bits per heavy atom. The molecule has 2 aliphatic heterocycles. The number of rotatable bonds is 4. The molecule has 1 saturated heterocycles. The van der Waals surface area contributed by atoms with Crippen LogP contribution < -0.4 is 0 Å². The molecule has 6 nitrogen and oxygen atoms in total. The molecule has 1 amide bonds. The molecule has 1 aromatic heterocycles. The molecule has 0 aliphatic carbocycles. The summed E-state index contributed by atoms with van der Waals surface area (Å²) < 4.78 is 5.81. The number of hydrogen-bond donors (Lipinski definition) is 1. The number of likely N-dealkylation sites (tertiary alicyclic amines) is 1. The van der Waals surface area contributed by atoms with Gasteiger partial charge in [0.25, 0.3) is 5.91 Å². The van der Waals surface area contributed by atoms with Crippen LogP contribution in [0, 0.1) is 0 Å². The monoisotopic (exact) mass is 354 g/mol. The molecule has 0 spiro atoms. The number of hydrogen-bond acceptors (Lipinski definition) is 4. The first-order chi connectivity index (χ1) is 12.5. The highest BCUT2D eigenvalue weighted by Crippen LogP contribution is 2.31. The third kappa shape index (κ3) is 3.15. The summed E-state index contributed by atoms with van der Waals surface area (Å²) in [7, 11) is 2.12. The van der Waals surface area contributed by atoms with E-state index >= 15 is 0 Å². The first-order valence-corrected chi connectivity index (χ1v) is 9.29. The summed E-state index contributed by atoms with van der Waals surface area (Å²) >= 11 is 0. The topological polar surface area (TPSA) is 61.5 Å². The third-order valence-electron chi connectivity index (χ3n) is 5.48. The highest BCUT2D eigenvalue weighted by molar-refractivity contribution is 5.94. The van der Waals surface area contributed by atoms with Gasteiger partial charge < -0.3 is 9.64 Å². The van der Waals surface area contributed by atoms with Crippen molar-refractivity contribution in [1.82, 2.24) is 20.0 Å². The number of likely N-dealkylation sites (N-methyl/N-ethyl adjacent to an activating group) is 1. The molecule has 0 bridgehead atoms. The van der Waals surface area contributed by atoms with Gasteiger partial charge in [0, 0.05) is 37.7 Å². The molecule has 1 fully saturated rings. The number of H-pyrrole nitrogens is 1. The Kier molecular flexibility index (Phi) is 4.54. The third-order valence-corrected chi connectivity index (χ3v) is 5.48. The van der Waals surface area contributed by atoms with Crippen molar-refractivity contribution in [1.29, 1.82) is 0 Å². The van der Waals surface area contributed by atoms with Gasteiger partial charge in [0.15, 0.2) is 5.69 Å². The summed E-state index contributed by atoms with van der Waals surface area (Å²) in [5.74, 6) is 0.0353. The Morgan fingerprint density at radius 2 is 2.04 bits per heavy atom. The number of benzene rings is 1. The average molecular weight is 354 g/mol. The summed E-state index contributed by atoms with van der Waals surface area (Å²) in [5, 5.41) is 7.33. The van der Waals surface area contributed by atoms with Crippen LogP contribution in [0.25, 0.3) is 0 Å². The molecule has 0 saturated carbocycles. The zero-order valence-corrected chi connectivity index (χ0v) is 15.6. The molecule has 3 heterocycles. The second-order valence-electron chi connectivity index (χ2n) is 7.52. The summed E-state index contributed by atoms with van der Waals surface area (Å²) in [6, 6.07) is 10.8. The fourth-order valence-electron chi connectivity index (χ4n) is 3.90. The second-order valence-corrected chi connectivity index (χ2v) is 7.52. The van der Waals surface area contributed by atoms with Gasteiger partial charge in [-0.2, -0.15) is 5.10 Å². The first-order valence-electron chi connectivity index (χ1n) is 9.29. The Labute approximate surface area is 154 Å². The van der Waals surface area contributed by atoms with Gasteiger partial charge in [0.1, 0.15) is 0 Å². The lowest BCUT2D eigenvalue weighted by Crippen LogP contribution is -2.60. The molecule has 1 aromatic carbocycles. The van der Waals surface area contributed by atoms with E-state index in [2.05, 4.69) is 46.4 Å². The standard InChI is InChI=1S/C20H26N4O2/c1-13-9-17-18(14(2)26-13)21-22-19(17)20(25)24-11-16(12-24)23(3)10-15-7-5-4-6-8-15/h4-8,13-14,16H,9-12H2,1-3H3,(H,21,22)/t13-,14+/m1/s1. The number of carbonyl (C=O) groups excluding carboxylic acids is 1. The Morgan fingerprint density at radius 1 is 1.31 bits per heavy atom. The van der Waals surface area contributed by atoms with E-state index in [0.29, 0.717) is 11.7 Å². The molecular weight excluding hydrogens is 328 g/mol. The summed E-state index contributed by atoms with van der Waals surface area (Å²) in [4.78, 5) is 17.1. The van der Waals surface area contributed by atoms with E-state index in [1.54, 1.807) is 0 Å². The highest BCUT2D eigenvalue weighted by atomic mass is 16.5. The number of carbonyl (C=O) groups is 1. The zero-order chi connectivity index (χ0) is 18.3. The van der Waals surface area contributed by atoms with Crippen molar-refractivity contribution in [3.8, 4) is 0 Å². The lowest BCUT2D eigenvalue weighted by atomic mass is 9.98. The van der Waals surface area contributed by atoms with Gasteiger partial charge in [-0.05, 0) is 26.5 Å². The van der Waals surface area contributed by atoms with Crippen molar-refractivity contribution in [2.75, 3.05) is 20.1 Å². The molecule has 1 N–H and O–H groups in total. The maximum atomic E-state index is 12.9. The van der Waals surface area contributed by atoms with Gasteiger partial charge in [-0.1, -0.05) is 30.3 Å². The number of fused-ring (bicyclic) bond motifs is 1. The van der Waals surface area contributed by atoms with Crippen LogP contribution in [0.3, 0.4) is 0 Å². The van der Waals surface area contributed by atoms with Crippen molar-refractivity contribution < 1.29 is 9.53 Å². The summed E-state index contributed by atoms with van der Waals surface area (Å²) in [6.07, 6.45) is 0.814. The Bertz CT molecular complexity index is 782.